The van der Waals surface area contributed by atoms with E-state index >= 15 is 0 Å². The van der Waals surface area contributed by atoms with Crippen LogP contribution in [0.4, 0.5) is 5.69 Å². The highest BCUT2D eigenvalue weighted by Crippen LogP contribution is 2.33. The summed E-state index contributed by atoms with van der Waals surface area (Å²) in [6, 6.07) is 7.06. The summed E-state index contributed by atoms with van der Waals surface area (Å²) in [5.74, 6) is 0. The zero-order valence-electron chi connectivity index (χ0n) is 11.2. The van der Waals surface area contributed by atoms with Gasteiger partial charge in [-0.2, -0.15) is 5.10 Å². The molecule has 0 aliphatic heterocycles. The predicted molar refractivity (Wildman–Crippen MR) is 76.6 cm³/mol. The zero-order valence-corrected chi connectivity index (χ0v) is 11.2. The number of rotatable bonds is 3. The first-order chi connectivity index (χ1) is 9.58. The summed E-state index contributed by atoms with van der Waals surface area (Å²) in [4.78, 5) is 10.6. The smallest absolute Gasteiger partial charge is 0.271 e. The van der Waals surface area contributed by atoms with Crippen molar-refractivity contribution in [2.45, 2.75) is 19.9 Å². The van der Waals surface area contributed by atoms with Crippen LogP contribution in [0.1, 0.15) is 19.9 Å². The Kier molecular flexibility index (Phi) is 2.78. The topological polar surface area (TPSA) is 76.8 Å². The SMILES string of the molecule is CC(C)n1cc(-c2ccn[nH]2)c2ccc([N+](=O)[O-])cc21. The zero-order chi connectivity index (χ0) is 14.3. The van der Waals surface area contributed by atoms with E-state index in [1.54, 1.807) is 18.3 Å². The van der Waals surface area contributed by atoms with Crippen molar-refractivity contribution >= 4 is 16.6 Å². The maximum atomic E-state index is 10.9. The highest BCUT2D eigenvalue weighted by atomic mass is 16.6. The first-order valence-electron chi connectivity index (χ1n) is 6.36. The van der Waals surface area contributed by atoms with Gasteiger partial charge in [-0.1, -0.05) is 0 Å². The van der Waals surface area contributed by atoms with Crippen LogP contribution in [0.5, 0.6) is 0 Å². The number of nitro benzene ring substituents is 1. The van der Waals surface area contributed by atoms with E-state index in [1.165, 1.54) is 6.07 Å². The molecule has 0 amide bonds. The minimum atomic E-state index is -0.368. The molecule has 6 heteroatoms. The van der Waals surface area contributed by atoms with Gasteiger partial charge in [-0.05, 0) is 26.0 Å². The van der Waals surface area contributed by atoms with Gasteiger partial charge in [0.15, 0.2) is 0 Å². The second-order valence-electron chi connectivity index (χ2n) is 4.97. The van der Waals surface area contributed by atoms with E-state index in [4.69, 9.17) is 0 Å². The van der Waals surface area contributed by atoms with E-state index in [-0.39, 0.29) is 16.7 Å². The molecular weight excluding hydrogens is 256 g/mol. The lowest BCUT2D eigenvalue weighted by Crippen LogP contribution is -1.98. The molecule has 0 saturated heterocycles. The fourth-order valence-corrected chi connectivity index (χ4v) is 2.40. The average molecular weight is 270 g/mol. The summed E-state index contributed by atoms with van der Waals surface area (Å²) >= 11 is 0. The van der Waals surface area contributed by atoms with Gasteiger partial charge in [-0.3, -0.25) is 15.2 Å². The average Bonchev–Trinajstić information content (AvgIpc) is 3.04. The molecule has 6 nitrogen and oxygen atoms in total. The summed E-state index contributed by atoms with van der Waals surface area (Å²) in [5.41, 5.74) is 2.87. The highest BCUT2D eigenvalue weighted by molar-refractivity contribution is 5.96. The van der Waals surface area contributed by atoms with E-state index in [0.29, 0.717) is 0 Å². The number of H-pyrrole nitrogens is 1. The lowest BCUT2D eigenvalue weighted by Gasteiger charge is -2.08. The highest BCUT2D eigenvalue weighted by Gasteiger charge is 2.16. The minimum Gasteiger partial charge on any atom is -0.344 e. The fraction of sp³-hybridized carbons (Fsp3) is 0.214. The molecular formula is C14H14N4O2. The second-order valence-corrected chi connectivity index (χ2v) is 4.97. The molecule has 3 rings (SSSR count). The standard InChI is InChI=1S/C14H14N4O2/c1-9(2)17-8-12(13-5-6-15-16-13)11-4-3-10(18(19)20)7-14(11)17/h3-9H,1-2H3,(H,15,16). The third-order valence-corrected chi connectivity index (χ3v) is 3.38. The number of hydrogen-bond donors (Lipinski definition) is 1. The monoisotopic (exact) mass is 270 g/mol. The third-order valence-electron chi connectivity index (χ3n) is 3.38. The van der Waals surface area contributed by atoms with Gasteiger partial charge in [-0.25, -0.2) is 0 Å². The van der Waals surface area contributed by atoms with Crippen LogP contribution < -0.4 is 0 Å². The first kappa shape index (κ1) is 12.4. The molecule has 0 saturated carbocycles. The molecule has 0 bridgehead atoms. The van der Waals surface area contributed by atoms with Gasteiger partial charge in [0.25, 0.3) is 5.69 Å². The lowest BCUT2D eigenvalue weighted by atomic mass is 10.1. The Labute approximate surface area is 115 Å². The Morgan fingerprint density at radius 1 is 1.35 bits per heavy atom. The predicted octanol–water partition coefficient (Wildman–Crippen LogP) is 3.52. The largest absolute Gasteiger partial charge is 0.344 e. The summed E-state index contributed by atoms with van der Waals surface area (Å²) < 4.78 is 2.04. The van der Waals surface area contributed by atoms with Crippen LogP contribution in [0.2, 0.25) is 0 Å². The summed E-state index contributed by atoms with van der Waals surface area (Å²) in [6.07, 6.45) is 3.70. The number of fused-ring (bicyclic) bond motifs is 1. The molecule has 0 aliphatic carbocycles. The lowest BCUT2D eigenvalue weighted by molar-refractivity contribution is -0.384. The fourth-order valence-electron chi connectivity index (χ4n) is 2.40. The molecule has 0 spiro atoms. The number of nitrogens with one attached hydrogen (secondary N) is 1. The van der Waals surface area contributed by atoms with Gasteiger partial charge >= 0.3 is 0 Å². The normalized spacial score (nSPS) is 11.3. The Hall–Kier alpha value is -2.63. The van der Waals surface area contributed by atoms with Crippen molar-refractivity contribution in [3.8, 4) is 11.3 Å². The number of benzene rings is 1. The van der Waals surface area contributed by atoms with Gasteiger partial charge in [0.05, 0.1) is 16.1 Å². The molecule has 0 aliphatic rings. The number of hydrogen-bond acceptors (Lipinski definition) is 3. The maximum Gasteiger partial charge on any atom is 0.271 e. The quantitative estimate of drug-likeness (QED) is 0.584. The second kappa shape index (κ2) is 4.48. The van der Waals surface area contributed by atoms with Crippen LogP contribution >= 0.6 is 0 Å². The molecule has 102 valence electrons. The number of nitrogens with zero attached hydrogens (tertiary/aromatic N) is 3. The molecule has 1 aromatic carbocycles. The van der Waals surface area contributed by atoms with Crippen molar-refractivity contribution in [3.05, 3.63) is 46.8 Å². The van der Waals surface area contributed by atoms with Crippen molar-refractivity contribution in [2.75, 3.05) is 0 Å². The molecule has 0 atom stereocenters. The number of non-ortho nitro benzene ring substituents is 1. The Morgan fingerprint density at radius 3 is 2.75 bits per heavy atom. The van der Waals surface area contributed by atoms with Gasteiger partial charge < -0.3 is 4.57 Å². The molecule has 2 heterocycles. The van der Waals surface area contributed by atoms with Gasteiger partial charge in [0, 0.05) is 41.5 Å². The van der Waals surface area contributed by atoms with Crippen LogP contribution in [0.15, 0.2) is 36.7 Å². The molecule has 20 heavy (non-hydrogen) atoms. The number of aromatic nitrogens is 3. The van der Waals surface area contributed by atoms with Crippen LogP contribution in [0.3, 0.4) is 0 Å². The molecule has 2 aromatic heterocycles. The third kappa shape index (κ3) is 1.85. The molecule has 1 N–H and O–H groups in total. The van der Waals surface area contributed by atoms with Crippen LogP contribution in [-0.4, -0.2) is 19.7 Å². The van der Waals surface area contributed by atoms with Gasteiger partial charge in [-0.15, -0.1) is 0 Å². The molecule has 0 unspecified atom stereocenters. The first-order valence-corrected chi connectivity index (χ1v) is 6.36. The van der Waals surface area contributed by atoms with E-state index in [2.05, 4.69) is 24.0 Å². The molecule has 0 fully saturated rings. The summed E-state index contributed by atoms with van der Waals surface area (Å²) in [7, 11) is 0. The Balaban J connectivity index is 2.31. The maximum absolute atomic E-state index is 10.9. The summed E-state index contributed by atoms with van der Waals surface area (Å²) in [6.45, 7) is 4.10. The van der Waals surface area contributed by atoms with Crippen molar-refractivity contribution in [3.63, 3.8) is 0 Å². The van der Waals surface area contributed by atoms with E-state index < -0.39 is 0 Å². The van der Waals surface area contributed by atoms with Crippen molar-refractivity contribution in [2.24, 2.45) is 0 Å². The minimum absolute atomic E-state index is 0.105. The Bertz CT molecular complexity index is 772. The van der Waals surface area contributed by atoms with Gasteiger partial charge in [0.1, 0.15) is 0 Å². The Morgan fingerprint density at radius 2 is 2.15 bits per heavy atom. The van der Waals surface area contributed by atoms with E-state index in [1.807, 2.05) is 16.8 Å². The molecule has 3 aromatic rings. The number of aromatic amines is 1. The van der Waals surface area contributed by atoms with Crippen molar-refractivity contribution in [1.29, 1.82) is 0 Å². The van der Waals surface area contributed by atoms with E-state index in [9.17, 15) is 10.1 Å². The van der Waals surface area contributed by atoms with Gasteiger partial charge in [0.2, 0.25) is 0 Å². The molecule has 0 radical (unpaired) electrons. The number of nitro groups is 1. The van der Waals surface area contributed by atoms with Crippen molar-refractivity contribution < 1.29 is 4.92 Å². The van der Waals surface area contributed by atoms with Crippen LogP contribution in [0, 0.1) is 10.1 Å². The van der Waals surface area contributed by atoms with Crippen LogP contribution in [0.25, 0.3) is 22.2 Å². The van der Waals surface area contributed by atoms with E-state index in [0.717, 1.165) is 22.2 Å². The van der Waals surface area contributed by atoms with Crippen LogP contribution in [-0.2, 0) is 0 Å². The summed E-state index contributed by atoms with van der Waals surface area (Å²) in [5, 5.41) is 18.8. The van der Waals surface area contributed by atoms with Crippen molar-refractivity contribution in [1.82, 2.24) is 14.8 Å².